The molecule has 0 unspecified atom stereocenters. The summed E-state index contributed by atoms with van der Waals surface area (Å²) in [4.78, 5) is 28.2. The molecule has 0 bridgehead atoms. The molecule has 1 N–H and O–H groups in total. The van der Waals surface area contributed by atoms with E-state index >= 15 is 0 Å². The molecular weight excluding hydrogens is 454 g/mol. The highest BCUT2D eigenvalue weighted by Gasteiger charge is 2.76. The van der Waals surface area contributed by atoms with Crippen LogP contribution in [0.1, 0.15) is 71.6 Å². The van der Waals surface area contributed by atoms with Crippen molar-refractivity contribution >= 4 is 11.6 Å². The van der Waals surface area contributed by atoms with Gasteiger partial charge in [0.2, 0.25) is 0 Å². The van der Waals surface area contributed by atoms with Crippen molar-refractivity contribution < 1.29 is 24.2 Å². The minimum Gasteiger partial charge on any atom is -0.393 e. The average molecular weight is 498 g/mol. The summed E-state index contributed by atoms with van der Waals surface area (Å²) < 4.78 is 13.7. The van der Waals surface area contributed by atoms with Gasteiger partial charge in [-0.25, -0.2) is 0 Å². The summed E-state index contributed by atoms with van der Waals surface area (Å²) in [6.45, 7) is 4.73. The van der Waals surface area contributed by atoms with Crippen LogP contribution in [0.4, 0.5) is 0 Å². The number of ether oxygens (including phenoxy) is 2. The molecule has 9 atom stereocenters. The number of allylic oxidation sites excluding steroid dienone is 4. The molecule has 6 heteroatoms. The van der Waals surface area contributed by atoms with Crippen molar-refractivity contribution in [3.05, 3.63) is 23.8 Å². The van der Waals surface area contributed by atoms with E-state index in [0.717, 1.165) is 37.7 Å². The fourth-order valence-corrected chi connectivity index (χ4v) is 9.62. The van der Waals surface area contributed by atoms with Crippen LogP contribution < -0.4 is 0 Å². The van der Waals surface area contributed by atoms with Crippen LogP contribution in [0.2, 0.25) is 0 Å². The van der Waals surface area contributed by atoms with Gasteiger partial charge in [-0.05, 0) is 76.6 Å². The summed E-state index contributed by atoms with van der Waals surface area (Å²) in [7, 11) is 3.87. The summed E-state index contributed by atoms with van der Waals surface area (Å²) in [5, 5.41) is 11.8. The molecule has 0 aromatic heterocycles. The highest BCUT2D eigenvalue weighted by Crippen LogP contribution is 2.70. The van der Waals surface area contributed by atoms with Crippen molar-refractivity contribution in [1.82, 2.24) is 4.90 Å². The predicted octanol–water partition coefficient (Wildman–Crippen LogP) is 4.07. The fourth-order valence-electron chi connectivity index (χ4n) is 9.62. The molecule has 1 aliphatic heterocycles. The maximum Gasteiger partial charge on any atom is 0.181 e. The van der Waals surface area contributed by atoms with Gasteiger partial charge >= 0.3 is 0 Å². The number of aliphatic hydroxyl groups excluding tert-OH is 1. The molecule has 6 rings (SSSR count). The SMILES string of the molecule is CN(C)CC(=O)[C@@]12O[C@H](C3CCCCC3)O[C@H]1C[C@H]1[C@@H]3CCC4=CC(=O)C=C[C@]4(C)[C@H]3[C@@H](O)C[C@@]12C. The molecule has 5 fully saturated rings. The van der Waals surface area contributed by atoms with Crippen LogP contribution in [0, 0.1) is 34.5 Å². The number of aliphatic hydroxyl groups is 1. The lowest BCUT2D eigenvalue weighted by atomic mass is 9.46. The Labute approximate surface area is 215 Å². The molecule has 0 spiro atoms. The number of rotatable bonds is 4. The summed E-state index contributed by atoms with van der Waals surface area (Å²) in [5.74, 6) is 1.04. The Morgan fingerprint density at radius 1 is 1.17 bits per heavy atom. The molecule has 198 valence electrons. The lowest BCUT2D eigenvalue weighted by Gasteiger charge is -2.59. The van der Waals surface area contributed by atoms with Gasteiger partial charge in [0.25, 0.3) is 0 Å². The Bertz CT molecular complexity index is 997. The molecule has 5 aliphatic carbocycles. The second-order valence-electron chi connectivity index (χ2n) is 13.4. The number of hydrogen-bond acceptors (Lipinski definition) is 6. The van der Waals surface area contributed by atoms with Crippen LogP contribution in [0.5, 0.6) is 0 Å². The number of carbonyl (C=O) groups is 2. The summed E-state index contributed by atoms with van der Waals surface area (Å²) >= 11 is 0. The maximum atomic E-state index is 14.2. The molecule has 0 amide bonds. The lowest BCUT2D eigenvalue weighted by molar-refractivity contribution is -0.208. The van der Waals surface area contributed by atoms with E-state index in [4.69, 9.17) is 9.47 Å². The third kappa shape index (κ3) is 3.36. The number of nitrogens with zero attached hydrogens (tertiary/aromatic N) is 1. The Kier molecular flexibility index (Phi) is 5.96. The average Bonchev–Trinajstić information content (AvgIpc) is 3.33. The number of ketones is 2. The van der Waals surface area contributed by atoms with E-state index in [1.54, 1.807) is 12.2 Å². The molecule has 1 heterocycles. The normalized spacial score (nSPS) is 48.3. The highest BCUT2D eigenvalue weighted by molar-refractivity contribution is 6.01. The zero-order chi connectivity index (χ0) is 25.5. The van der Waals surface area contributed by atoms with Crippen LogP contribution in [0.25, 0.3) is 0 Å². The van der Waals surface area contributed by atoms with Gasteiger partial charge in [-0.15, -0.1) is 0 Å². The smallest absolute Gasteiger partial charge is 0.181 e. The van der Waals surface area contributed by atoms with E-state index in [9.17, 15) is 14.7 Å². The van der Waals surface area contributed by atoms with Gasteiger partial charge in [-0.3, -0.25) is 9.59 Å². The largest absolute Gasteiger partial charge is 0.393 e. The van der Waals surface area contributed by atoms with E-state index in [1.807, 2.05) is 25.1 Å². The first kappa shape index (κ1) is 25.0. The highest BCUT2D eigenvalue weighted by atomic mass is 16.7. The third-order valence-corrected chi connectivity index (χ3v) is 11.2. The van der Waals surface area contributed by atoms with Crippen molar-refractivity contribution in [2.75, 3.05) is 20.6 Å². The molecule has 36 heavy (non-hydrogen) atoms. The van der Waals surface area contributed by atoms with E-state index in [0.29, 0.717) is 18.9 Å². The van der Waals surface area contributed by atoms with Crippen molar-refractivity contribution in [1.29, 1.82) is 0 Å². The van der Waals surface area contributed by atoms with Gasteiger partial charge in [-0.2, -0.15) is 0 Å². The number of likely N-dealkylation sites (N-methyl/N-ethyl adjacent to an activating group) is 1. The Balaban J connectivity index is 1.38. The van der Waals surface area contributed by atoms with Crippen LogP contribution in [-0.2, 0) is 19.1 Å². The zero-order valence-electron chi connectivity index (χ0n) is 22.4. The fraction of sp³-hybridized carbons (Fsp3) is 0.800. The molecule has 0 radical (unpaired) electrons. The van der Waals surface area contributed by atoms with Gasteiger partial charge in [0.15, 0.2) is 23.5 Å². The Morgan fingerprint density at radius 2 is 1.92 bits per heavy atom. The minimum atomic E-state index is -1.01. The second kappa shape index (κ2) is 8.59. The Hall–Kier alpha value is -1.34. The number of hydrogen-bond donors (Lipinski definition) is 1. The van der Waals surface area contributed by atoms with Gasteiger partial charge < -0.3 is 19.5 Å². The van der Waals surface area contributed by atoms with Gasteiger partial charge in [0, 0.05) is 22.7 Å². The molecule has 0 aromatic rings. The molecule has 4 saturated carbocycles. The van der Waals surface area contributed by atoms with E-state index in [1.165, 1.54) is 19.3 Å². The first-order valence-corrected chi connectivity index (χ1v) is 14.2. The standard InChI is InChI=1S/C30H43NO5/c1-28-13-12-20(32)14-19(28)10-11-21-22-15-25-30(24(34)17-31(3)4,29(22,2)16-23(33)26(21)28)36-27(35-25)18-8-6-5-7-9-18/h12-14,18,21-23,25-27,33H,5-11,15-17H2,1-4H3/t21-,22-,23-,25-,26+,27+,28-,29-,30+/m0/s1. The monoisotopic (exact) mass is 497 g/mol. The van der Waals surface area contributed by atoms with Crippen LogP contribution in [0.3, 0.4) is 0 Å². The van der Waals surface area contributed by atoms with Crippen molar-refractivity contribution in [2.24, 2.45) is 34.5 Å². The van der Waals surface area contributed by atoms with Crippen LogP contribution in [-0.4, -0.2) is 66.3 Å². The number of Topliss-reactive ketones (excluding diaryl/α,β-unsaturated/α-hetero) is 1. The van der Waals surface area contributed by atoms with Crippen LogP contribution >= 0.6 is 0 Å². The summed E-state index contributed by atoms with van der Waals surface area (Å²) in [6, 6.07) is 0. The molecule has 1 saturated heterocycles. The van der Waals surface area contributed by atoms with Crippen molar-refractivity contribution in [2.45, 2.75) is 95.7 Å². The van der Waals surface area contributed by atoms with Gasteiger partial charge in [0.1, 0.15) is 0 Å². The molecular formula is C30H43NO5. The maximum absolute atomic E-state index is 14.2. The molecule has 6 nitrogen and oxygen atoms in total. The number of fused-ring (bicyclic) bond motifs is 7. The first-order chi connectivity index (χ1) is 17.1. The first-order valence-electron chi connectivity index (χ1n) is 14.2. The Morgan fingerprint density at radius 3 is 2.64 bits per heavy atom. The van der Waals surface area contributed by atoms with Crippen molar-refractivity contribution in [3.8, 4) is 0 Å². The lowest BCUT2D eigenvalue weighted by Crippen LogP contribution is -2.64. The zero-order valence-corrected chi connectivity index (χ0v) is 22.4. The quantitative estimate of drug-likeness (QED) is 0.631. The van der Waals surface area contributed by atoms with Gasteiger partial charge in [-0.1, -0.05) is 44.8 Å². The topological polar surface area (TPSA) is 76.1 Å². The van der Waals surface area contributed by atoms with Gasteiger partial charge in [0.05, 0.1) is 18.8 Å². The molecule has 6 aliphatic rings. The molecule has 0 aromatic carbocycles. The number of carbonyl (C=O) groups excluding carboxylic acids is 2. The van der Waals surface area contributed by atoms with Crippen molar-refractivity contribution in [3.63, 3.8) is 0 Å². The van der Waals surface area contributed by atoms with E-state index in [-0.39, 0.29) is 47.1 Å². The second-order valence-corrected chi connectivity index (χ2v) is 13.4. The summed E-state index contributed by atoms with van der Waals surface area (Å²) in [6.07, 6.45) is 13.4. The third-order valence-electron chi connectivity index (χ3n) is 11.2. The summed E-state index contributed by atoms with van der Waals surface area (Å²) in [5.41, 5.74) is -0.658. The predicted molar refractivity (Wildman–Crippen MR) is 136 cm³/mol. The van der Waals surface area contributed by atoms with E-state index in [2.05, 4.69) is 13.8 Å². The minimum absolute atomic E-state index is 0.0360. The van der Waals surface area contributed by atoms with Crippen LogP contribution in [0.15, 0.2) is 23.8 Å². The van der Waals surface area contributed by atoms with E-state index < -0.39 is 17.1 Å².